The lowest BCUT2D eigenvalue weighted by Gasteiger charge is -2.16. The minimum atomic E-state index is 0.307. The van der Waals surface area contributed by atoms with E-state index in [9.17, 15) is 0 Å². The van der Waals surface area contributed by atoms with E-state index in [0.717, 1.165) is 37.6 Å². The van der Waals surface area contributed by atoms with Crippen molar-refractivity contribution in [1.29, 1.82) is 0 Å². The molecule has 1 heterocycles. The molecule has 0 aromatic heterocycles. The maximum atomic E-state index is 6.05. The number of halogens is 1. The fourth-order valence-corrected chi connectivity index (χ4v) is 2.30. The van der Waals surface area contributed by atoms with Gasteiger partial charge in [-0.05, 0) is 25.1 Å². The van der Waals surface area contributed by atoms with Crippen LogP contribution in [-0.2, 0) is 0 Å². The second-order valence-electron chi connectivity index (χ2n) is 4.19. The van der Waals surface area contributed by atoms with Crippen LogP contribution in [0.1, 0.15) is 6.42 Å². The zero-order valence-corrected chi connectivity index (χ0v) is 10.8. The molecule has 0 aliphatic carbocycles. The van der Waals surface area contributed by atoms with Gasteiger partial charge in [-0.1, -0.05) is 12.1 Å². The number of para-hydroxylation sites is 2. The van der Waals surface area contributed by atoms with Crippen LogP contribution in [-0.4, -0.2) is 43.6 Å². The third-order valence-corrected chi connectivity index (χ3v) is 3.31. The van der Waals surface area contributed by atoms with Crippen molar-refractivity contribution in [2.24, 2.45) is 0 Å². The van der Waals surface area contributed by atoms with Crippen molar-refractivity contribution in [3.63, 3.8) is 0 Å². The van der Waals surface area contributed by atoms with E-state index in [1.807, 2.05) is 24.3 Å². The smallest absolute Gasteiger partial charge is 0.161 e. The van der Waals surface area contributed by atoms with E-state index in [4.69, 9.17) is 21.1 Å². The van der Waals surface area contributed by atoms with E-state index in [2.05, 4.69) is 4.90 Å². The van der Waals surface area contributed by atoms with E-state index >= 15 is 0 Å². The lowest BCUT2D eigenvalue weighted by Crippen LogP contribution is -2.26. The molecule has 17 heavy (non-hydrogen) atoms. The SMILES string of the molecule is COc1ccccc1OCCN1CCC(Cl)C1. The van der Waals surface area contributed by atoms with Crippen molar-refractivity contribution < 1.29 is 9.47 Å². The van der Waals surface area contributed by atoms with E-state index < -0.39 is 0 Å². The van der Waals surface area contributed by atoms with Crippen molar-refractivity contribution in [2.75, 3.05) is 33.4 Å². The number of likely N-dealkylation sites (tertiary alicyclic amines) is 1. The maximum Gasteiger partial charge on any atom is 0.161 e. The zero-order valence-electron chi connectivity index (χ0n) is 10.1. The Bertz CT molecular complexity index is 359. The number of methoxy groups -OCH3 is 1. The average Bonchev–Trinajstić information content (AvgIpc) is 2.76. The normalized spacial score (nSPS) is 20.5. The summed E-state index contributed by atoms with van der Waals surface area (Å²) in [6.07, 6.45) is 1.08. The van der Waals surface area contributed by atoms with Crippen molar-refractivity contribution in [3.05, 3.63) is 24.3 Å². The summed E-state index contributed by atoms with van der Waals surface area (Å²) in [4.78, 5) is 2.33. The van der Waals surface area contributed by atoms with Crippen LogP contribution in [0.2, 0.25) is 0 Å². The number of rotatable bonds is 5. The van der Waals surface area contributed by atoms with Crippen molar-refractivity contribution in [2.45, 2.75) is 11.8 Å². The first-order chi connectivity index (χ1) is 8.29. The molecule has 0 N–H and O–H groups in total. The molecule has 0 spiro atoms. The summed E-state index contributed by atoms with van der Waals surface area (Å²) in [7, 11) is 1.65. The summed E-state index contributed by atoms with van der Waals surface area (Å²) < 4.78 is 10.9. The molecule has 0 bridgehead atoms. The largest absolute Gasteiger partial charge is 0.493 e. The molecule has 94 valence electrons. The highest BCUT2D eigenvalue weighted by atomic mass is 35.5. The minimum Gasteiger partial charge on any atom is -0.493 e. The van der Waals surface area contributed by atoms with Crippen LogP contribution in [0.3, 0.4) is 0 Å². The van der Waals surface area contributed by atoms with Gasteiger partial charge in [0.25, 0.3) is 0 Å². The van der Waals surface area contributed by atoms with E-state index in [-0.39, 0.29) is 0 Å². The van der Waals surface area contributed by atoms with Crippen molar-refractivity contribution in [1.82, 2.24) is 4.90 Å². The highest BCUT2D eigenvalue weighted by Gasteiger charge is 2.19. The van der Waals surface area contributed by atoms with Gasteiger partial charge in [0.05, 0.1) is 7.11 Å². The molecule has 1 saturated heterocycles. The maximum absolute atomic E-state index is 6.05. The van der Waals surface area contributed by atoms with Gasteiger partial charge in [0, 0.05) is 18.5 Å². The summed E-state index contributed by atoms with van der Waals surface area (Å²) in [5.41, 5.74) is 0. The van der Waals surface area contributed by atoms with E-state index in [1.165, 1.54) is 0 Å². The molecule has 1 aliphatic rings. The van der Waals surface area contributed by atoms with Gasteiger partial charge in [-0.2, -0.15) is 0 Å². The molecule has 1 atom stereocenters. The highest BCUT2D eigenvalue weighted by Crippen LogP contribution is 2.25. The lowest BCUT2D eigenvalue weighted by atomic mass is 10.3. The number of alkyl halides is 1. The molecule has 0 amide bonds. The fraction of sp³-hybridized carbons (Fsp3) is 0.538. The molecule has 1 unspecified atom stereocenters. The monoisotopic (exact) mass is 255 g/mol. The summed E-state index contributed by atoms with van der Waals surface area (Å²) in [5, 5.41) is 0.307. The molecule has 1 aliphatic heterocycles. The van der Waals surface area contributed by atoms with Crippen LogP contribution in [0, 0.1) is 0 Å². The summed E-state index contributed by atoms with van der Waals surface area (Å²) in [5.74, 6) is 1.58. The van der Waals surface area contributed by atoms with Gasteiger partial charge in [-0.15, -0.1) is 11.6 Å². The molecular weight excluding hydrogens is 238 g/mol. The highest BCUT2D eigenvalue weighted by molar-refractivity contribution is 6.20. The number of ether oxygens (including phenoxy) is 2. The van der Waals surface area contributed by atoms with Crippen molar-refractivity contribution in [3.8, 4) is 11.5 Å². The Morgan fingerprint density at radius 3 is 2.76 bits per heavy atom. The standard InChI is InChI=1S/C13H18ClNO2/c1-16-12-4-2-3-5-13(12)17-9-8-15-7-6-11(14)10-15/h2-5,11H,6-10H2,1H3. The molecule has 2 rings (SSSR count). The predicted octanol–water partition coefficient (Wildman–Crippen LogP) is 2.39. The van der Waals surface area contributed by atoms with Crippen LogP contribution in [0.25, 0.3) is 0 Å². The first-order valence-electron chi connectivity index (χ1n) is 5.92. The van der Waals surface area contributed by atoms with Crippen LogP contribution >= 0.6 is 11.6 Å². The van der Waals surface area contributed by atoms with Crippen LogP contribution in [0.15, 0.2) is 24.3 Å². The molecule has 1 aromatic carbocycles. The van der Waals surface area contributed by atoms with Gasteiger partial charge < -0.3 is 9.47 Å². The molecule has 0 saturated carbocycles. The predicted molar refractivity (Wildman–Crippen MR) is 69.2 cm³/mol. The van der Waals surface area contributed by atoms with Gasteiger partial charge in [0.1, 0.15) is 6.61 Å². The summed E-state index contributed by atoms with van der Waals surface area (Å²) >= 11 is 6.05. The fourth-order valence-electron chi connectivity index (χ4n) is 2.01. The molecule has 1 aromatic rings. The topological polar surface area (TPSA) is 21.7 Å². The van der Waals surface area contributed by atoms with Crippen molar-refractivity contribution >= 4 is 11.6 Å². The molecular formula is C13H18ClNO2. The van der Waals surface area contributed by atoms with Crippen LogP contribution in [0.5, 0.6) is 11.5 Å². The number of nitrogens with zero attached hydrogens (tertiary/aromatic N) is 1. The molecule has 4 heteroatoms. The Labute approximate surface area is 107 Å². The van der Waals surface area contributed by atoms with Gasteiger partial charge >= 0.3 is 0 Å². The minimum absolute atomic E-state index is 0.307. The van der Waals surface area contributed by atoms with Crippen LogP contribution in [0.4, 0.5) is 0 Å². The van der Waals surface area contributed by atoms with E-state index in [1.54, 1.807) is 7.11 Å². The quantitative estimate of drug-likeness (QED) is 0.754. The first kappa shape index (κ1) is 12.5. The van der Waals surface area contributed by atoms with Gasteiger partial charge in [-0.3, -0.25) is 4.90 Å². The average molecular weight is 256 g/mol. The van der Waals surface area contributed by atoms with Gasteiger partial charge in [0.15, 0.2) is 11.5 Å². The van der Waals surface area contributed by atoms with E-state index in [0.29, 0.717) is 12.0 Å². The Hall–Kier alpha value is -0.930. The Kier molecular flexibility index (Phi) is 4.51. The number of hydrogen-bond donors (Lipinski definition) is 0. The summed E-state index contributed by atoms with van der Waals surface area (Å²) in [6.45, 7) is 3.63. The third-order valence-electron chi connectivity index (χ3n) is 2.95. The Balaban J connectivity index is 1.78. The Morgan fingerprint density at radius 2 is 2.12 bits per heavy atom. The number of hydrogen-bond acceptors (Lipinski definition) is 3. The lowest BCUT2D eigenvalue weighted by molar-refractivity contribution is 0.230. The molecule has 1 fully saturated rings. The molecule has 3 nitrogen and oxygen atoms in total. The van der Waals surface area contributed by atoms with Gasteiger partial charge in [-0.25, -0.2) is 0 Å². The second-order valence-corrected chi connectivity index (χ2v) is 4.80. The Morgan fingerprint density at radius 1 is 1.35 bits per heavy atom. The third kappa shape index (κ3) is 3.51. The number of benzene rings is 1. The first-order valence-corrected chi connectivity index (χ1v) is 6.35. The van der Waals surface area contributed by atoms with Crippen LogP contribution < -0.4 is 9.47 Å². The second kappa shape index (κ2) is 6.12. The zero-order chi connectivity index (χ0) is 12.1. The molecule has 0 radical (unpaired) electrons. The van der Waals surface area contributed by atoms with Gasteiger partial charge in [0.2, 0.25) is 0 Å². The summed E-state index contributed by atoms with van der Waals surface area (Å²) in [6, 6.07) is 7.71.